The Morgan fingerprint density at radius 1 is 1.23 bits per heavy atom. The molecule has 0 aromatic heterocycles. The average molecular weight is 378 g/mol. The SMILES string of the molecule is CCCOc1c(Cl)cc(C(=O)N[C@@H](C(=O)O)c2ccccc2)cc1OC. The van der Waals surface area contributed by atoms with Gasteiger partial charge in [0.15, 0.2) is 17.5 Å². The lowest BCUT2D eigenvalue weighted by Gasteiger charge is -2.17. The van der Waals surface area contributed by atoms with Crippen LogP contribution in [0.1, 0.15) is 35.3 Å². The van der Waals surface area contributed by atoms with Crippen molar-refractivity contribution in [1.29, 1.82) is 0 Å². The van der Waals surface area contributed by atoms with Crippen LogP contribution in [0.2, 0.25) is 5.02 Å². The molecule has 0 aliphatic rings. The molecule has 2 aromatic rings. The third-order valence-electron chi connectivity index (χ3n) is 3.60. The van der Waals surface area contributed by atoms with Gasteiger partial charge < -0.3 is 19.9 Å². The summed E-state index contributed by atoms with van der Waals surface area (Å²) in [6, 6.07) is 10.2. The van der Waals surface area contributed by atoms with Gasteiger partial charge in [-0.15, -0.1) is 0 Å². The number of halogens is 1. The number of nitrogens with one attached hydrogen (secondary N) is 1. The van der Waals surface area contributed by atoms with Crippen LogP contribution in [0.25, 0.3) is 0 Å². The molecule has 0 saturated carbocycles. The van der Waals surface area contributed by atoms with Gasteiger partial charge in [0.2, 0.25) is 0 Å². The molecule has 7 heteroatoms. The van der Waals surface area contributed by atoms with Gasteiger partial charge in [0.25, 0.3) is 5.91 Å². The Hall–Kier alpha value is -2.73. The zero-order valence-corrected chi connectivity index (χ0v) is 15.2. The predicted molar refractivity (Wildman–Crippen MR) is 98.1 cm³/mol. The van der Waals surface area contributed by atoms with Gasteiger partial charge in [0.05, 0.1) is 18.7 Å². The summed E-state index contributed by atoms with van der Waals surface area (Å²) < 4.78 is 10.8. The molecule has 0 unspecified atom stereocenters. The molecule has 0 spiro atoms. The molecule has 0 radical (unpaired) electrons. The first-order valence-corrected chi connectivity index (χ1v) is 8.44. The van der Waals surface area contributed by atoms with Crippen LogP contribution in [0.5, 0.6) is 11.5 Å². The third kappa shape index (κ3) is 4.67. The maximum absolute atomic E-state index is 12.5. The molecule has 0 saturated heterocycles. The Balaban J connectivity index is 2.28. The molecule has 138 valence electrons. The number of carboxylic acids is 1. The fourth-order valence-electron chi connectivity index (χ4n) is 2.34. The van der Waals surface area contributed by atoms with Crippen LogP contribution in [0.4, 0.5) is 0 Å². The number of carbonyl (C=O) groups is 2. The number of hydrogen-bond donors (Lipinski definition) is 2. The lowest BCUT2D eigenvalue weighted by Crippen LogP contribution is -2.33. The number of ether oxygens (including phenoxy) is 2. The maximum Gasteiger partial charge on any atom is 0.330 e. The van der Waals surface area contributed by atoms with Crippen molar-refractivity contribution in [3.8, 4) is 11.5 Å². The van der Waals surface area contributed by atoms with Crippen LogP contribution in [0, 0.1) is 0 Å². The maximum atomic E-state index is 12.5. The monoisotopic (exact) mass is 377 g/mol. The number of rotatable bonds is 8. The Kier molecular flexibility index (Phi) is 6.86. The number of amides is 1. The van der Waals surface area contributed by atoms with Crippen LogP contribution in [0.15, 0.2) is 42.5 Å². The van der Waals surface area contributed by atoms with E-state index in [0.717, 1.165) is 6.42 Å². The number of carboxylic acid groups (broad SMARTS) is 1. The molecule has 1 amide bonds. The molecular weight excluding hydrogens is 358 g/mol. The smallest absolute Gasteiger partial charge is 0.330 e. The van der Waals surface area contributed by atoms with Gasteiger partial charge in [0.1, 0.15) is 0 Å². The van der Waals surface area contributed by atoms with E-state index < -0.39 is 17.9 Å². The van der Waals surface area contributed by atoms with Crippen LogP contribution in [0.3, 0.4) is 0 Å². The fraction of sp³-hybridized carbons (Fsp3) is 0.263. The second-order valence-electron chi connectivity index (χ2n) is 5.49. The van der Waals surface area contributed by atoms with Crippen molar-refractivity contribution >= 4 is 23.5 Å². The highest BCUT2D eigenvalue weighted by atomic mass is 35.5. The Morgan fingerprint density at radius 2 is 1.92 bits per heavy atom. The summed E-state index contributed by atoms with van der Waals surface area (Å²) >= 11 is 6.21. The lowest BCUT2D eigenvalue weighted by molar-refractivity contribution is -0.139. The first-order valence-electron chi connectivity index (χ1n) is 8.06. The van der Waals surface area contributed by atoms with E-state index in [1.807, 2.05) is 6.92 Å². The van der Waals surface area contributed by atoms with Crippen LogP contribution >= 0.6 is 11.6 Å². The second-order valence-corrected chi connectivity index (χ2v) is 5.90. The summed E-state index contributed by atoms with van der Waals surface area (Å²) in [4.78, 5) is 24.1. The number of hydrogen-bond acceptors (Lipinski definition) is 4. The minimum absolute atomic E-state index is 0.179. The van der Waals surface area contributed by atoms with Gasteiger partial charge in [-0.3, -0.25) is 4.79 Å². The molecule has 0 fully saturated rings. The van der Waals surface area contributed by atoms with Gasteiger partial charge in [-0.05, 0) is 24.1 Å². The van der Waals surface area contributed by atoms with Gasteiger partial charge in [0, 0.05) is 5.56 Å². The Labute approximate surface area is 156 Å². The van der Waals surface area contributed by atoms with E-state index in [-0.39, 0.29) is 10.6 Å². The first-order chi connectivity index (χ1) is 12.5. The van der Waals surface area contributed by atoms with E-state index in [9.17, 15) is 14.7 Å². The number of carbonyl (C=O) groups excluding carboxylic acids is 1. The molecule has 2 rings (SSSR count). The molecule has 0 aliphatic heterocycles. The molecule has 2 N–H and O–H groups in total. The number of aliphatic carboxylic acids is 1. The van der Waals surface area contributed by atoms with Crippen molar-refractivity contribution in [3.63, 3.8) is 0 Å². The summed E-state index contributed by atoms with van der Waals surface area (Å²) in [5.41, 5.74) is 0.646. The highest BCUT2D eigenvalue weighted by molar-refractivity contribution is 6.32. The standard InChI is InChI=1S/C19H20ClNO5/c1-3-9-26-17-14(20)10-13(11-15(17)25-2)18(22)21-16(19(23)24)12-7-5-4-6-8-12/h4-8,10-11,16H,3,9H2,1-2H3,(H,21,22)(H,23,24)/t16-/m1/s1. The second kappa shape index (κ2) is 9.10. The van der Waals surface area contributed by atoms with Gasteiger partial charge in [-0.1, -0.05) is 48.9 Å². The highest BCUT2D eigenvalue weighted by Gasteiger charge is 2.24. The molecule has 26 heavy (non-hydrogen) atoms. The molecule has 2 aromatic carbocycles. The van der Waals surface area contributed by atoms with Gasteiger partial charge >= 0.3 is 5.97 Å². The Morgan fingerprint density at radius 3 is 2.50 bits per heavy atom. The van der Waals surface area contributed by atoms with Crippen molar-refractivity contribution in [2.45, 2.75) is 19.4 Å². The number of methoxy groups -OCH3 is 1. The van der Waals surface area contributed by atoms with Crippen LogP contribution in [-0.4, -0.2) is 30.7 Å². The summed E-state index contributed by atoms with van der Waals surface area (Å²) in [6.07, 6.45) is 0.791. The predicted octanol–water partition coefficient (Wildman–Crippen LogP) is 3.69. The highest BCUT2D eigenvalue weighted by Crippen LogP contribution is 2.36. The summed E-state index contributed by atoms with van der Waals surface area (Å²) in [6.45, 7) is 2.41. The van der Waals surface area contributed by atoms with Gasteiger partial charge in [-0.2, -0.15) is 0 Å². The van der Waals surface area contributed by atoms with Crippen LogP contribution < -0.4 is 14.8 Å². The van der Waals surface area contributed by atoms with Gasteiger partial charge in [-0.25, -0.2) is 4.79 Å². The van der Waals surface area contributed by atoms with E-state index in [1.54, 1.807) is 30.3 Å². The zero-order chi connectivity index (χ0) is 19.1. The first kappa shape index (κ1) is 19.6. The summed E-state index contributed by atoms with van der Waals surface area (Å²) in [5.74, 6) is -1.08. The van der Waals surface area contributed by atoms with E-state index in [2.05, 4.69) is 5.32 Å². The van der Waals surface area contributed by atoms with Crippen molar-refractivity contribution in [1.82, 2.24) is 5.32 Å². The molecule has 6 nitrogen and oxygen atoms in total. The Bertz CT molecular complexity index is 779. The van der Waals surface area contributed by atoms with E-state index in [4.69, 9.17) is 21.1 Å². The van der Waals surface area contributed by atoms with Crippen molar-refractivity contribution in [3.05, 3.63) is 58.6 Å². The largest absolute Gasteiger partial charge is 0.493 e. The molecule has 0 aliphatic carbocycles. The van der Waals surface area contributed by atoms with E-state index >= 15 is 0 Å². The lowest BCUT2D eigenvalue weighted by atomic mass is 10.1. The average Bonchev–Trinajstić information content (AvgIpc) is 2.64. The van der Waals surface area contributed by atoms with Crippen molar-refractivity contribution in [2.75, 3.05) is 13.7 Å². The molecule has 0 heterocycles. The van der Waals surface area contributed by atoms with E-state index in [1.165, 1.54) is 19.2 Å². The minimum atomic E-state index is -1.18. The molecule has 0 bridgehead atoms. The number of benzene rings is 2. The fourth-order valence-corrected chi connectivity index (χ4v) is 2.61. The quantitative estimate of drug-likeness (QED) is 0.732. The summed E-state index contributed by atoms with van der Waals surface area (Å²) in [5, 5.41) is 12.1. The minimum Gasteiger partial charge on any atom is -0.493 e. The normalized spacial score (nSPS) is 11.5. The topological polar surface area (TPSA) is 84.9 Å². The molecule has 1 atom stereocenters. The van der Waals surface area contributed by atoms with E-state index in [0.29, 0.717) is 23.7 Å². The molecular formula is C19H20ClNO5. The van der Waals surface area contributed by atoms with Crippen LogP contribution in [-0.2, 0) is 4.79 Å². The zero-order valence-electron chi connectivity index (χ0n) is 14.5. The van der Waals surface area contributed by atoms with Crippen molar-refractivity contribution in [2.24, 2.45) is 0 Å². The summed E-state index contributed by atoms with van der Waals surface area (Å²) in [7, 11) is 1.44. The van der Waals surface area contributed by atoms with Crippen molar-refractivity contribution < 1.29 is 24.2 Å². The third-order valence-corrected chi connectivity index (χ3v) is 3.88.